The summed E-state index contributed by atoms with van der Waals surface area (Å²) in [6, 6.07) is -0.271. The summed E-state index contributed by atoms with van der Waals surface area (Å²) in [6.45, 7) is 2.05. The van der Waals surface area contributed by atoms with E-state index >= 15 is 0 Å². The first-order valence-corrected chi connectivity index (χ1v) is 3.92. The van der Waals surface area contributed by atoms with E-state index in [9.17, 15) is 9.59 Å². The Morgan fingerprint density at radius 2 is 2.27 bits per heavy atom. The van der Waals surface area contributed by atoms with Crippen LogP contribution >= 0.6 is 0 Å². The van der Waals surface area contributed by atoms with Crippen molar-refractivity contribution in [3.05, 3.63) is 0 Å². The van der Waals surface area contributed by atoms with Gasteiger partial charge in [0.05, 0.1) is 6.04 Å². The van der Waals surface area contributed by atoms with Crippen LogP contribution < -0.4 is 5.32 Å². The summed E-state index contributed by atoms with van der Waals surface area (Å²) in [5, 5.41) is 2.81. The Kier molecular flexibility index (Phi) is 5.65. The first kappa shape index (κ1) is 10.3. The molecule has 0 spiro atoms. The van der Waals surface area contributed by atoms with Crippen molar-refractivity contribution < 1.29 is 9.59 Å². The van der Waals surface area contributed by atoms with Crippen LogP contribution in [0.15, 0.2) is 0 Å². The number of Topliss-reactive ketones (excluding diaryl/α,β-unsaturated/α-hetero) is 1. The number of hydrogen-bond donors (Lipinski definition) is 1. The van der Waals surface area contributed by atoms with Crippen LogP contribution in [0.4, 0.5) is 0 Å². The predicted octanol–water partition coefficient (Wildman–Crippen LogP) is 0.533. The van der Waals surface area contributed by atoms with Gasteiger partial charge in [-0.15, -0.1) is 0 Å². The molecule has 64 valence electrons. The highest BCUT2D eigenvalue weighted by atomic mass is 16.2. The van der Waals surface area contributed by atoms with E-state index in [4.69, 9.17) is 0 Å². The van der Waals surface area contributed by atoms with Crippen LogP contribution in [-0.4, -0.2) is 25.2 Å². The maximum absolute atomic E-state index is 10.8. The summed E-state index contributed by atoms with van der Waals surface area (Å²) < 4.78 is 0. The number of nitrogens with one attached hydrogen (secondary N) is 1. The maximum atomic E-state index is 10.8. The Bertz CT molecular complexity index is 134. The van der Waals surface area contributed by atoms with Crippen LogP contribution in [-0.2, 0) is 9.59 Å². The Hall–Kier alpha value is -0.700. The van der Waals surface area contributed by atoms with Crippen LogP contribution in [0.5, 0.6) is 0 Å². The van der Waals surface area contributed by atoms with Gasteiger partial charge in [-0.3, -0.25) is 9.59 Å². The fourth-order valence-electron chi connectivity index (χ4n) is 0.919. The van der Waals surface area contributed by atoms with Gasteiger partial charge < -0.3 is 5.32 Å². The molecule has 0 amide bonds. The molecular formula is C8H15NO2. The molecule has 11 heavy (non-hydrogen) atoms. The zero-order valence-electron chi connectivity index (χ0n) is 7.09. The lowest BCUT2D eigenvalue weighted by molar-refractivity contribution is -0.131. The number of rotatable bonds is 6. The summed E-state index contributed by atoms with van der Waals surface area (Å²) in [7, 11) is 1.70. The molecule has 0 radical (unpaired) electrons. The van der Waals surface area contributed by atoms with E-state index in [2.05, 4.69) is 12.2 Å². The topological polar surface area (TPSA) is 46.2 Å². The van der Waals surface area contributed by atoms with E-state index < -0.39 is 0 Å². The van der Waals surface area contributed by atoms with Crippen LogP contribution in [0, 0.1) is 0 Å². The molecule has 0 aromatic rings. The van der Waals surface area contributed by atoms with Crippen molar-refractivity contribution in [2.75, 3.05) is 7.05 Å². The highest BCUT2D eigenvalue weighted by molar-refractivity contribution is 6.27. The molecule has 0 aliphatic heterocycles. The predicted molar refractivity (Wildman–Crippen MR) is 43.4 cm³/mol. The lowest BCUT2D eigenvalue weighted by atomic mass is 10.1. The number of ketones is 1. The maximum Gasteiger partial charge on any atom is 0.211 e. The number of likely N-dealkylation sites (N-methyl/N-ethyl adjacent to an activating group) is 1. The molecule has 0 aromatic carbocycles. The van der Waals surface area contributed by atoms with Gasteiger partial charge in [-0.05, 0) is 13.5 Å². The first-order chi connectivity index (χ1) is 5.26. The van der Waals surface area contributed by atoms with Gasteiger partial charge in [-0.1, -0.05) is 19.8 Å². The van der Waals surface area contributed by atoms with Crippen molar-refractivity contribution in [3.8, 4) is 0 Å². The second kappa shape index (κ2) is 6.04. The highest BCUT2D eigenvalue weighted by Gasteiger charge is 2.13. The van der Waals surface area contributed by atoms with Gasteiger partial charge in [0.2, 0.25) is 5.78 Å². The van der Waals surface area contributed by atoms with E-state index in [0.29, 0.717) is 6.29 Å². The average molecular weight is 157 g/mol. The molecule has 0 saturated heterocycles. The molecule has 0 aromatic heterocycles. The van der Waals surface area contributed by atoms with Crippen molar-refractivity contribution in [1.29, 1.82) is 0 Å². The quantitative estimate of drug-likeness (QED) is 0.452. The third-order valence-corrected chi connectivity index (χ3v) is 1.65. The van der Waals surface area contributed by atoms with Crippen LogP contribution in [0.25, 0.3) is 0 Å². The van der Waals surface area contributed by atoms with Crippen molar-refractivity contribution in [1.82, 2.24) is 5.32 Å². The number of carbonyl (C=O) groups is 2. The second-order valence-corrected chi connectivity index (χ2v) is 2.50. The molecule has 0 aliphatic rings. The molecule has 0 bridgehead atoms. The molecule has 1 N–H and O–H groups in total. The molecule has 0 fully saturated rings. The van der Waals surface area contributed by atoms with Crippen molar-refractivity contribution in [3.63, 3.8) is 0 Å². The zero-order chi connectivity index (χ0) is 8.69. The fraction of sp³-hybridized carbons (Fsp3) is 0.750. The van der Waals surface area contributed by atoms with E-state index in [0.717, 1.165) is 19.3 Å². The van der Waals surface area contributed by atoms with Crippen LogP contribution in [0.3, 0.4) is 0 Å². The Morgan fingerprint density at radius 3 is 2.64 bits per heavy atom. The summed E-state index contributed by atoms with van der Waals surface area (Å²) in [4.78, 5) is 20.9. The smallest absolute Gasteiger partial charge is 0.211 e. The van der Waals surface area contributed by atoms with E-state index in [-0.39, 0.29) is 11.8 Å². The first-order valence-electron chi connectivity index (χ1n) is 3.92. The van der Waals surface area contributed by atoms with Crippen molar-refractivity contribution >= 4 is 12.1 Å². The number of aldehydes is 1. The average Bonchev–Trinajstić information content (AvgIpc) is 2.05. The molecule has 3 nitrogen and oxygen atoms in total. The number of carbonyl (C=O) groups excluding carboxylic acids is 2. The third-order valence-electron chi connectivity index (χ3n) is 1.65. The summed E-state index contributed by atoms with van der Waals surface area (Å²) in [5.41, 5.74) is 0. The van der Waals surface area contributed by atoms with Gasteiger partial charge in [-0.2, -0.15) is 0 Å². The lowest BCUT2D eigenvalue weighted by Crippen LogP contribution is -2.34. The highest BCUT2D eigenvalue weighted by Crippen LogP contribution is 1.99. The number of hydrogen-bond acceptors (Lipinski definition) is 3. The molecule has 3 heteroatoms. The van der Waals surface area contributed by atoms with Gasteiger partial charge in [-0.25, -0.2) is 0 Å². The van der Waals surface area contributed by atoms with Gasteiger partial charge in [0.25, 0.3) is 0 Å². The summed E-state index contributed by atoms with van der Waals surface area (Å²) in [6.07, 6.45) is 3.16. The molecule has 1 atom stereocenters. The summed E-state index contributed by atoms with van der Waals surface area (Å²) in [5.74, 6) is -0.346. The third kappa shape index (κ3) is 3.88. The second-order valence-electron chi connectivity index (χ2n) is 2.50. The molecule has 0 rings (SSSR count). The molecule has 1 unspecified atom stereocenters. The summed E-state index contributed by atoms with van der Waals surface area (Å²) >= 11 is 0. The van der Waals surface area contributed by atoms with E-state index in [1.54, 1.807) is 7.05 Å². The normalized spacial score (nSPS) is 12.5. The number of unbranched alkanes of at least 4 members (excludes halogenated alkanes) is 1. The van der Waals surface area contributed by atoms with Crippen molar-refractivity contribution in [2.45, 2.75) is 32.2 Å². The molecule has 0 saturated carbocycles. The monoisotopic (exact) mass is 157 g/mol. The molecular weight excluding hydrogens is 142 g/mol. The molecule has 0 heterocycles. The van der Waals surface area contributed by atoms with Gasteiger partial charge in [0, 0.05) is 0 Å². The minimum Gasteiger partial charge on any atom is -0.310 e. The lowest BCUT2D eigenvalue weighted by Gasteiger charge is -2.09. The van der Waals surface area contributed by atoms with Gasteiger partial charge in [0.15, 0.2) is 6.29 Å². The van der Waals surface area contributed by atoms with Crippen LogP contribution in [0.2, 0.25) is 0 Å². The Morgan fingerprint density at radius 1 is 1.64 bits per heavy atom. The molecule has 0 aliphatic carbocycles. The SMILES string of the molecule is CCCCC(NC)C(=O)C=O. The van der Waals surface area contributed by atoms with Gasteiger partial charge >= 0.3 is 0 Å². The standard InChI is InChI=1S/C8H15NO2/c1-3-4-5-7(9-2)8(11)6-10/h6-7,9H,3-5H2,1-2H3. The minimum absolute atomic E-state index is 0.271. The van der Waals surface area contributed by atoms with E-state index in [1.807, 2.05) is 0 Å². The largest absolute Gasteiger partial charge is 0.310 e. The van der Waals surface area contributed by atoms with Crippen LogP contribution in [0.1, 0.15) is 26.2 Å². The fourth-order valence-corrected chi connectivity index (χ4v) is 0.919. The van der Waals surface area contributed by atoms with Crippen molar-refractivity contribution in [2.24, 2.45) is 0 Å². The zero-order valence-corrected chi connectivity index (χ0v) is 7.09. The Labute approximate surface area is 67.2 Å². The van der Waals surface area contributed by atoms with E-state index in [1.165, 1.54) is 0 Å². The van der Waals surface area contributed by atoms with Gasteiger partial charge in [0.1, 0.15) is 0 Å². The Balaban J connectivity index is 3.74. The minimum atomic E-state index is -0.346.